The number of nitro benzene ring substituents is 1. The van der Waals surface area contributed by atoms with E-state index in [0.29, 0.717) is 5.56 Å². The number of hydrogen-bond acceptors (Lipinski definition) is 4. The summed E-state index contributed by atoms with van der Waals surface area (Å²) in [4.78, 5) is 22.7. The summed E-state index contributed by atoms with van der Waals surface area (Å²) in [6.07, 6.45) is 2.63. The van der Waals surface area contributed by atoms with Gasteiger partial charge >= 0.3 is 0 Å². The molecular weight excluding hydrogens is 272 g/mol. The van der Waals surface area contributed by atoms with E-state index in [2.05, 4.69) is 5.32 Å². The molecule has 6 nitrogen and oxygen atoms in total. The van der Waals surface area contributed by atoms with E-state index < -0.39 is 4.92 Å². The highest BCUT2D eigenvalue weighted by Crippen LogP contribution is 2.37. The molecule has 1 fully saturated rings. The van der Waals surface area contributed by atoms with E-state index in [4.69, 9.17) is 0 Å². The van der Waals surface area contributed by atoms with Gasteiger partial charge in [0.15, 0.2) is 0 Å². The Kier molecular flexibility index (Phi) is 4.27. The lowest BCUT2D eigenvalue weighted by Crippen LogP contribution is -2.44. The fourth-order valence-electron chi connectivity index (χ4n) is 2.91. The Labute approximate surface area is 123 Å². The lowest BCUT2D eigenvalue weighted by atomic mass is 9.85. The molecule has 0 spiro atoms. The molecule has 0 aromatic heterocycles. The van der Waals surface area contributed by atoms with E-state index in [-0.39, 0.29) is 35.2 Å². The number of aliphatic hydroxyl groups is 1. The van der Waals surface area contributed by atoms with Crippen LogP contribution in [0.1, 0.15) is 42.1 Å². The Morgan fingerprint density at radius 3 is 2.86 bits per heavy atom. The number of carbonyl (C=O) groups excluding carboxylic acids is 1. The van der Waals surface area contributed by atoms with Gasteiger partial charge in [-0.1, -0.05) is 13.3 Å². The minimum absolute atomic E-state index is 0.0198. The summed E-state index contributed by atoms with van der Waals surface area (Å²) in [5.41, 5.74) is 0.557. The number of nitro groups is 1. The highest BCUT2D eigenvalue weighted by atomic mass is 16.6. The predicted molar refractivity (Wildman–Crippen MR) is 78.1 cm³/mol. The first-order valence-corrected chi connectivity index (χ1v) is 7.03. The van der Waals surface area contributed by atoms with Crippen LogP contribution >= 0.6 is 0 Å². The Bertz CT molecular complexity index is 573. The average Bonchev–Trinajstić information content (AvgIpc) is 2.80. The molecule has 2 N–H and O–H groups in total. The fourth-order valence-corrected chi connectivity index (χ4v) is 2.91. The van der Waals surface area contributed by atoms with Crippen LogP contribution in [0.5, 0.6) is 0 Å². The summed E-state index contributed by atoms with van der Waals surface area (Å²) < 4.78 is 0. The zero-order valence-corrected chi connectivity index (χ0v) is 12.3. The molecule has 0 saturated heterocycles. The highest BCUT2D eigenvalue weighted by molar-refractivity contribution is 5.95. The van der Waals surface area contributed by atoms with Crippen LogP contribution in [-0.4, -0.2) is 28.6 Å². The van der Waals surface area contributed by atoms with E-state index in [0.717, 1.165) is 19.3 Å². The molecule has 1 aromatic carbocycles. The molecule has 21 heavy (non-hydrogen) atoms. The maximum absolute atomic E-state index is 12.3. The number of rotatable bonds is 4. The zero-order chi connectivity index (χ0) is 15.6. The van der Waals surface area contributed by atoms with Crippen LogP contribution in [0.15, 0.2) is 18.2 Å². The van der Waals surface area contributed by atoms with Gasteiger partial charge in [0, 0.05) is 29.2 Å². The largest absolute Gasteiger partial charge is 0.396 e. The predicted octanol–water partition coefficient (Wildman–Crippen LogP) is 2.18. The van der Waals surface area contributed by atoms with Crippen molar-refractivity contribution in [2.45, 2.75) is 39.2 Å². The van der Waals surface area contributed by atoms with Crippen molar-refractivity contribution in [3.63, 3.8) is 0 Å². The summed E-state index contributed by atoms with van der Waals surface area (Å²) >= 11 is 0. The number of non-ortho nitro benzene ring substituents is 1. The zero-order valence-electron chi connectivity index (χ0n) is 12.3. The number of benzene rings is 1. The van der Waals surface area contributed by atoms with Gasteiger partial charge in [0.2, 0.25) is 0 Å². The van der Waals surface area contributed by atoms with Gasteiger partial charge in [-0.25, -0.2) is 0 Å². The number of aliphatic hydroxyl groups excluding tert-OH is 1. The summed E-state index contributed by atoms with van der Waals surface area (Å²) in [5, 5.41) is 23.3. The van der Waals surface area contributed by atoms with Crippen molar-refractivity contribution < 1.29 is 14.8 Å². The maximum atomic E-state index is 12.3. The fraction of sp³-hybridized carbons (Fsp3) is 0.533. The van der Waals surface area contributed by atoms with Gasteiger partial charge in [0.1, 0.15) is 0 Å². The number of hydrogen-bond donors (Lipinski definition) is 2. The molecule has 2 atom stereocenters. The standard InChI is InChI=1S/C15H20N2O4/c1-10-6-11(8-12(7-10)17(20)21)14(19)16-13-4-3-5-15(13,2)9-18/h6-8,13,18H,3-5,9H2,1-2H3,(H,16,19). The van der Waals surface area contributed by atoms with Crippen molar-refractivity contribution in [3.8, 4) is 0 Å². The first kappa shape index (κ1) is 15.4. The van der Waals surface area contributed by atoms with E-state index in [1.54, 1.807) is 13.0 Å². The van der Waals surface area contributed by atoms with Gasteiger partial charge in [-0.05, 0) is 31.4 Å². The Morgan fingerprint density at radius 2 is 2.24 bits per heavy atom. The molecule has 0 aliphatic heterocycles. The molecule has 1 aromatic rings. The van der Waals surface area contributed by atoms with Gasteiger partial charge in [0.25, 0.3) is 11.6 Å². The van der Waals surface area contributed by atoms with Gasteiger partial charge in [0.05, 0.1) is 11.5 Å². The van der Waals surface area contributed by atoms with E-state index in [1.807, 2.05) is 6.92 Å². The SMILES string of the molecule is Cc1cc(C(=O)NC2CCCC2(C)CO)cc([N+](=O)[O-])c1. The van der Waals surface area contributed by atoms with E-state index in [1.165, 1.54) is 12.1 Å². The molecule has 2 rings (SSSR count). The van der Waals surface area contributed by atoms with Gasteiger partial charge < -0.3 is 10.4 Å². The third kappa shape index (κ3) is 3.21. The third-order valence-electron chi connectivity index (χ3n) is 4.28. The van der Waals surface area contributed by atoms with Crippen molar-refractivity contribution in [2.24, 2.45) is 5.41 Å². The Morgan fingerprint density at radius 1 is 1.52 bits per heavy atom. The molecular formula is C15H20N2O4. The maximum Gasteiger partial charge on any atom is 0.270 e. The summed E-state index contributed by atoms with van der Waals surface area (Å²) in [7, 11) is 0. The van der Waals surface area contributed by atoms with Crippen LogP contribution in [0, 0.1) is 22.5 Å². The van der Waals surface area contributed by atoms with Gasteiger partial charge in [-0.3, -0.25) is 14.9 Å². The van der Waals surface area contributed by atoms with Crippen LogP contribution in [0.25, 0.3) is 0 Å². The molecule has 1 amide bonds. The van der Waals surface area contributed by atoms with E-state index in [9.17, 15) is 20.0 Å². The number of nitrogens with zero attached hydrogens (tertiary/aromatic N) is 1. The summed E-state index contributed by atoms with van der Waals surface area (Å²) in [6, 6.07) is 4.25. The molecule has 1 saturated carbocycles. The van der Waals surface area contributed by atoms with Crippen LogP contribution in [0.4, 0.5) is 5.69 Å². The summed E-state index contributed by atoms with van der Waals surface area (Å²) in [6.45, 7) is 3.69. The molecule has 0 heterocycles. The molecule has 0 radical (unpaired) electrons. The Hall–Kier alpha value is -1.95. The van der Waals surface area contributed by atoms with Crippen molar-refractivity contribution >= 4 is 11.6 Å². The summed E-state index contributed by atoms with van der Waals surface area (Å²) in [5.74, 6) is -0.326. The lowest BCUT2D eigenvalue weighted by Gasteiger charge is -2.30. The highest BCUT2D eigenvalue weighted by Gasteiger charge is 2.39. The first-order chi connectivity index (χ1) is 9.85. The molecule has 1 aliphatic carbocycles. The quantitative estimate of drug-likeness (QED) is 0.657. The lowest BCUT2D eigenvalue weighted by molar-refractivity contribution is -0.384. The number of nitrogens with one attached hydrogen (secondary N) is 1. The van der Waals surface area contributed by atoms with Crippen LogP contribution in [0.3, 0.4) is 0 Å². The number of aryl methyl sites for hydroxylation is 1. The molecule has 2 unspecified atom stereocenters. The Balaban J connectivity index is 2.19. The topological polar surface area (TPSA) is 92.5 Å². The second kappa shape index (κ2) is 5.81. The van der Waals surface area contributed by atoms with Crippen LogP contribution in [0.2, 0.25) is 0 Å². The number of carbonyl (C=O) groups is 1. The van der Waals surface area contributed by atoms with E-state index >= 15 is 0 Å². The van der Waals surface area contributed by atoms with Crippen molar-refractivity contribution in [1.29, 1.82) is 0 Å². The average molecular weight is 292 g/mol. The monoisotopic (exact) mass is 292 g/mol. The second-order valence-corrected chi connectivity index (χ2v) is 6.04. The molecule has 114 valence electrons. The van der Waals surface area contributed by atoms with Crippen LogP contribution in [-0.2, 0) is 0 Å². The molecule has 1 aliphatic rings. The van der Waals surface area contributed by atoms with Crippen molar-refractivity contribution in [3.05, 3.63) is 39.4 Å². The third-order valence-corrected chi connectivity index (χ3v) is 4.28. The smallest absolute Gasteiger partial charge is 0.270 e. The first-order valence-electron chi connectivity index (χ1n) is 7.03. The van der Waals surface area contributed by atoms with Crippen LogP contribution < -0.4 is 5.32 Å². The minimum atomic E-state index is -0.503. The van der Waals surface area contributed by atoms with Gasteiger partial charge in [-0.15, -0.1) is 0 Å². The normalized spacial score (nSPS) is 24.8. The van der Waals surface area contributed by atoms with Gasteiger partial charge in [-0.2, -0.15) is 0 Å². The molecule has 6 heteroatoms. The number of amides is 1. The van der Waals surface area contributed by atoms with Crippen molar-refractivity contribution in [2.75, 3.05) is 6.61 Å². The molecule has 0 bridgehead atoms. The minimum Gasteiger partial charge on any atom is -0.396 e. The second-order valence-electron chi connectivity index (χ2n) is 6.04. The van der Waals surface area contributed by atoms with Crippen molar-refractivity contribution in [1.82, 2.24) is 5.32 Å².